The van der Waals surface area contributed by atoms with E-state index in [0.29, 0.717) is 0 Å². The van der Waals surface area contributed by atoms with Crippen molar-refractivity contribution in [3.8, 4) is 0 Å². The maximum atomic E-state index is 8.36. The van der Waals surface area contributed by atoms with Crippen molar-refractivity contribution >= 4 is 73.8 Å². The average molecular weight is 112 g/mol. The van der Waals surface area contributed by atoms with Crippen LogP contribution in [0, 0.1) is 0 Å². The molecule has 4 heteroatoms. The van der Waals surface area contributed by atoms with Gasteiger partial charge in [-0.05, 0) is 0 Å². The number of hydrogen-bond donors (Lipinski definition) is 1. The van der Waals surface area contributed by atoms with Gasteiger partial charge in [-0.25, -0.2) is 0 Å². The van der Waals surface area contributed by atoms with Crippen LogP contribution in [0.15, 0.2) is 0 Å². The molecule has 0 saturated heterocycles. The van der Waals surface area contributed by atoms with Crippen LogP contribution < -0.4 is 0 Å². The van der Waals surface area contributed by atoms with E-state index in [-0.39, 0.29) is 73.8 Å². The molecule has 0 aromatic heterocycles. The molecule has 5 heavy (non-hydrogen) atoms. The van der Waals surface area contributed by atoms with Gasteiger partial charge in [-0.1, -0.05) is 0 Å². The Balaban J connectivity index is -0.0000000200. The maximum absolute atomic E-state index is 8.36. The fourth-order valence-electron chi connectivity index (χ4n) is 0. The molecule has 0 aliphatic carbocycles. The van der Waals surface area contributed by atoms with E-state index in [4.69, 9.17) is 9.90 Å². The van der Waals surface area contributed by atoms with E-state index in [1.165, 1.54) is 0 Å². The zero-order valence-electron chi connectivity index (χ0n) is 1.43. The van der Waals surface area contributed by atoms with Gasteiger partial charge in [0.25, 0.3) is 6.47 Å². The van der Waals surface area contributed by atoms with Crippen LogP contribution >= 0.6 is 0 Å². The zero-order chi connectivity index (χ0) is 2.71. The van der Waals surface area contributed by atoms with E-state index in [1.807, 2.05) is 0 Å². The second kappa shape index (κ2) is 17.2. The molecule has 0 heterocycles. The van der Waals surface area contributed by atoms with Gasteiger partial charge in [-0.15, -0.1) is 0 Å². The molecule has 0 amide bonds. The molecule has 0 unspecified atom stereocenters. The molecule has 0 aliphatic rings. The summed E-state index contributed by atoms with van der Waals surface area (Å²) in [7, 11) is 0. The van der Waals surface area contributed by atoms with Crippen molar-refractivity contribution in [3.63, 3.8) is 0 Å². The third-order valence-electron chi connectivity index (χ3n) is 0. The third-order valence-corrected chi connectivity index (χ3v) is 0. The summed E-state index contributed by atoms with van der Waals surface area (Å²) in [5.74, 6) is 0. The summed E-state index contributed by atoms with van der Waals surface area (Å²) in [6.07, 6.45) is 0. The summed E-state index contributed by atoms with van der Waals surface area (Å²) >= 11 is 0. The Hall–Kier alpha value is 1.73. The topological polar surface area (TPSA) is 37.3 Å². The van der Waals surface area contributed by atoms with E-state index in [2.05, 4.69) is 0 Å². The molecule has 0 bridgehead atoms. The van der Waals surface area contributed by atoms with Crippen LogP contribution in [0.2, 0.25) is 0 Å². The van der Waals surface area contributed by atoms with Crippen molar-refractivity contribution in [1.29, 1.82) is 0 Å². The van der Waals surface area contributed by atoms with Gasteiger partial charge in [0.2, 0.25) is 0 Å². The number of hydrogen-bond acceptors (Lipinski definition) is 1. The number of carbonyl (C=O) groups is 1. The fourth-order valence-corrected chi connectivity index (χ4v) is 0. The van der Waals surface area contributed by atoms with Crippen LogP contribution in [0.5, 0.6) is 0 Å². The molecule has 0 fully saturated rings. The summed E-state index contributed by atoms with van der Waals surface area (Å²) < 4.78 is 0. The van der Waals surface area contributed by atoms with Crippen LogP contribution in [-0.4, -0.2) is 78.9 Å². The van der Waals surface area contributed by atoms with Gasteiger partial charge in [-0.2, -0.15) is 0 Å². The molecule has 1 N–H and O–H groups in total. The predicted molar refractivity (Wildman–Crippen MR) is 24.4 cm³/mol. The molecule has 0 radical (unpaired) electrons. The van der Waals surface area contributed by atoms with Gasteiger partial charge in [0.15, 0.2) is 0 Å². The van der Waals surface area contributed by atoms with Gasteiger partial charge in [0.1, 0.15) is 0 Å². The van der Waals surface area contributed by atoms with Gasteiger partial charge < -0.3 is 5.11 Å². The normalized spacial score (nSPS) is 2.40. The Morgan fingerprint density at radius 1 is 1.60 bits per heavy atom. The molecule has 0 aromatic rings. The number of rotatable bonds is 0. The fraction of sp³-hybridized carbons (Fsp3) is 0. The molecule has 0 atom stereocenters. The van der Waals surface area contributed by atoms with E-state index >= 15 is 0 Å². The summed E-state index contributed by atoms with van der Waals surface area (Å²) in [6, 6.07) is 0. The van der Waals surface area contributed by atoms with Crippen molar-refractivity contribution in [1.82, 2.24) is 0 Å². The van der Waals surface area contributed by atoms with E-state index < -0.39 is 0 Å². The van der Waals surface area contributed by atoms with E-state index in [1.54, 1.807) is 0 Å². The van der Waals surface area contributed by atoms with E-state index in [9.17, 15) is 0 Å². The minimum atomic E-state index is -0.250. The molecule has 24 valence electrons. The van der Waals surface area contributed by atoms with Crippen molar-refractivity contribution in [2.24, 2.45) is 0 Å². The van der Waals surface area contributed by atoms with Crippen LogP contribution in [-0.2, 0) is 4.79 Å². The Labute approximate surface area is 82.2 Å². The number of carboxylic acid groups (broad SMARTS) is 1. The molecule has 0 rings (SSSR count). The van der Waals surface area contributed by atoms with Crippen molar-refractivity contribution in [3.05, 3.63) is 0 Å². The second-order valence-electron chi connectivity index (χ2n) is 0.105. The first-order valence-electron chi connectivity index (χ1n) is 0.494. The molecular weight excluding hydrogens is 107 g/mol. The molecule has 0 spiro atoms. The monoisotopic (exact) mass is 112 g/mol. The Bertz CT molecular complexity index is 17.1. The first kappa shape index (κ1) is 15.9. The Morgan fingerprint density at radius 2 is 1.60 bits per heavy atom. The Kier molecular flexibility index (Phi) is 54.6. The standard InChI is InChI=1S/CH2O2.Ca.Na.3H/c2-1-3;;;;;/h1H,(H,2,3);;;;;. The van der Waals surface area contributed by atoms with Gasteiger partial charge in [0.05, 0.1) is 0 Å². The average Bonchev–Trinajstić information content (AvgIpc) is 0.918. The second-order valence-corrected chi connectivity index (χ2v) is 0.105. The predicted octanol–water partition coefficient (Wildman–Crippen LogP) is -1.86. The van der Waals surface area contributed by atoms with Crippen LogP contribution in [0.1, 0.15) is 0 Å². The molecule has 2 nitrogen and oxygen atoms in total. The van der Waals surface area contributed by atoms with Crippen molar-refractivity contribution in [2.75, 3.05) is 0 Å². The van der Waals surface area contributed by atoms with Crippen LogP contribution in [0.3, 0.4) is 0 Å². The van der Waals surface area contributed by atoms with E-state index in [0.717, 1.165) is 0 Å². The molecule has 0 saturated carbocycles. The van der Waals surface area contributed by atoms with Crippen molar-refractivity contribution in [2.45, 2.75) is 0 Å². The van der Waals surface area contributed by atoms with Crippen molar-refractivity contribution < 1.29 is 9.90 Å². The van der Waals surface area contributed by atoms with Crippen LogP contribution in [0.4, 0.5) is 0 Å². The Morgan fingerprint density at radius 3 is 1.60 bits per heavy atom. The summed E-state index contributed by atoms with van der Waals surface area (Å²) in [4.78, 5) is 8.36. The SMILES string of the molecule is O=CO.[CaH2].[NaH]. The minimum absolute atomic E-state index is 0. The van der Waals surface area contributed by atoms with Gasteiger partial charge in [-0.3, -0.25) is 4.79 Å². The first-order chi connectivity index (χ1) is 1.41. The molecule has 0 aliphatic heterocycles. The zero-order valence-corrected chi connectivity index (χ0v) is 1.43. The third kappa shape index (κ3) is 26.6. The summed E-state index contributed by atoms with van der Waals surface area (Å²) in [5.41, 5.74) is 0. The first-order valence-corrected chi connectivity index (χ1v) is 0.494. The quantitative estimate of drug-likeness (QED) is 0.294. The van der Waals surface area contributed by atoms with Gasteiger partial charge in [0, 0.05) is 0 Å². The molecular formula is CH5CaNaO2. The van der Waals surface area contributed by atoms with Gasteiger partial charge >= 0.3 is 67.3 Å². The summed E-state index contributed by atoms with van der Waals surface area (Å²) in [5, 5.41) is 6.89. The van der Waals surface area contributed by atoms with Crippen LogP contribution in [0.25, 0.3) is 0 Å². The summed E-state index contributed by atoms with van der Waals surface area (Å²) in [6.45, 7) is -0.250. The molecule has 0 aromatic carbocycles.